The Kier molecular flexibility index (Phi) is 8.21. The van der Waals surface area contributed by atoms with E-state index in [-0.39, 0.29) is 41.1 Å². The molecule has 1 aliphatic carbocycles. The zero-order valence-electron chi connectivity index (χ0n) is 16.7. The van der Waals surface area contributed by atoms with Crippen LogP contribution in [0.25, 0.3) is 0 Å². The van der Waals surface area contributed by atoms with E-state index in [1.165, 1.54) is 6.07 Å². The second kappa shape index (κ2) is 10.2. The molecule has 3 rings (SSSR count). The van der Waals surface area contributed by atoms with E-state index in [0.717, 1.165) is 49.6 Å². The number of hydrogen-bond acceptors (Lipinski definition) is 4. The summed E-state index contributed by atoms with van der Waals surface area (Å²) in [6, 6.07) is 7.05. The summed E-state index contributed by atoms with van der Waals surface area (Å²) in [4.78, 5) is 8.63. The maximum atomic E-state index is 14.1. The molecule has 0 bridgehead atoms. The molecular weight excluding hydrogens is 472 g/mol. The first-order chi connectivity index (χ1) is 13.0. The normalized spacial score (nSPS) is 15.2. The molecule has 154 valence electrons. The smallest absolute Gasteiger partial charge is 0.226 e. The molecule has 1 saturated carbocycles. The first kappa shape index (κ1) is 22.6. The molecule has 8 heteroatoms. The summed E-state index contributed by atoms with van der Waals surface area (Å²) in [7, 11) is 1.74. The molecule has 6 nitrogen and oxygen atoms in total. The monoisotopic (exact) mass is 501 g/mol. The highest BCUT2D eigenvalue weighted by atomic mass is 127. The molecule has 0 radical (unpaired) electrons. The Labute approximate surface area is 182 Å². The van der Waals surface area contributed by atoms with Gasteiger partial charge in [-0.2, -0.15) is 4.98 Å². The van der Waals surface area contributed by atoms with Crippen molar-refractivity contribution >= 4 is 29.9 Å². The fraction of sp³-hybridized carbons (Fsp3) is 0.550. The quantitative estimate of drug-likeness (QED) is 0.249. The molecule has 28 heavy (non-hydrogen) atoms. The van der Waals surface area contributed by atoms with Crippen molar-refractivity contribution in [2.45, 2.75) is 50.9 Å². The number of aliphatic imine (C=N–C) groups is 1. The number of guanidine groups is 1. The Balaban J connectivity index is 0.00000280. The van der Waals surface area contributed by atoms with Crippen molar-refractivity contribution in [3.05, 3.63) is 47.4 Å². The number of hydrogen-bond donors (Lipinski definition) is 2. The van der Waals surface area contributed by atoms with E-state index in [9.17, 15) is 4.39 Å². The van der Waals surface area contributed by atoms with Crippen molar-refractivity contribution in [1.82, 2.24) is 20.8 Å². The van der Waals surface area contributed by atoms with Gasteiger partial charge in [-0.3, -0.25) is 4.99 Å². The van der Waals surface area contributed by atoms with E-state index in [0.29, 0.717) is 12.4 Å². The van der Waals surface area contributed by atoms with Gasteiger partial charge in [0, 0.05) is 37.9 Å². The van der Waals surface area contributed by atoms with Crippen LogP contribution in [0.5, 0.6) is 0 Å². The molecule has 1 fully saturated rings. The van der Waals surface area contributed by atoms with E-state index in [1.54, 1.807) is 13.1 Å². The summed E-state index contributed by atoms with van der Waals surface area (Å²) in [6.07, 6.45) is 3.57. The van der Waals surface area contributed by atoms with Crippen molar-refractivity contribution in [2.75, 3.05) is 20.1 Å². The third-order valence-corrected chi connectivity index (χ3v) is 4.98. The van der Waals surface area contributed by atoms with Crippen molar-refractivity contribution in [3.8, 4) is 0 Å². The van der Waals surface area contributed by atoms with Crippen LogP contribution in [0.15, 0.2) is 33.8 Å². The van der Waals surface area contributed by atoms with Crippen LogP contribution in [0, 0.1) is 5.82 Å². The van der Waals surface area contributed by atoms with Crippen molar-refractivity contribution in [2.24, 2.45) is 4.99 Å². The Hall–Kier alpha value is -1.71. The maximum Gasteiger partial charge on any atom is 0.226 e. The van der Waals surface area contributed by atoms with E-state index in [4.69, 9.17) is 4.52 Å². The van der Waals surface area contributed by atoms with E-state index < -0.39 is 0 Å². The molecule has 0 atom stereocenters. The lowest BCUT2D eigenvalue weighted by molar-refractivity contribution is 0.368. The summed E-state index contributed by atoms with van der Waals surface area (Å²) in [6.45, 7) is 5.50. The SMILES string of the molecule is CN=C(NCCCc1nc(C(C)C)no1)NCC1(c2ccccc2F)CC1.I. The summed E-state index contributed by atoms with van der Waals surface area (Å²) in [5, 5.41) is 10.6. The molecule has 0 saturated heterocycles. The topological polar surface area (TPSA) is 75.3 Å². The number of rotatable bonds is 8. The van der Waals surface area contributed by atoms with Gasteiger partial charge in [0.15, 0.2) is 11.8 Å². The zero-order valence-corrected chi connectivity index (χ0v) is 19.0. The first-order valence-electron chi connectivity index (χ1n) is 9.56. The molecule has 1 heterocycles. The molecule has 2 N–H and O–H groups in total. The maximum absolute atomic E-state index is 14.1. The van der Waals surface area contributed by atoms with Gasteiger partial charge in [-0.25, -0.2) is 4.39 Å². The lowest BCUT2D eigenvalue weighted by Gasteiger charge is -2.19. The van der Waals surface area contributed by atoms with Crippen molar-refractivity contribution < 1.29 is 8.91 Å². The Morgan fingerprint density at radius 2 is 2.04 bits per heavy atom. The summed E-state index contributed by atoms with van der Waals surface area (Å²) in [5.41, 5.74) is 0.685. The fourth-order valence-corrected chi connectivity index (χ4v) is 3.11. The van der Waals surface area contributed by atoms with Gasteiger partial charge in [-0.1, -0.05) is 37.2 Å². The molecule has 0 aliphatic heterocycles. The van der Waals surface area contributed by atoms with Gasteiger partial charge in [0.05, 0.1) is 0 Å². The Morgan fingerprint density at radius 3 is 2.64 bits per heavy atom. The van der Waals surface area contributed by atoms with Crippen LogP contribution in [-0.4, -0.2) is 36.2 Å². The highest BCUT2D eigenvalue weighted by molar-refractivity contribution is 14.0. The van der Waals surface area contributed by atoms with E-state index >= 15 is 0 Å². The molecule has 0 amide bonds. The van der Waals surface area contributed by atoms with Gasteiger partial charge in [0.25, 0.3) is 0 Å². The average Bonchev–Trinajstić information content (AvgIpc) is 3.29. The average molecular weight is 501 g/mol. The largest absolute Gasteiger partial charge is 0.356 e. The van der Waals surface area contributed by atoms with Crippen LogP contribution in [0.3, 0.4) is 0 Å². The van der Waals surface area contributed by atoms with Gasteiger partial charge in [0.1, 0.15) is 5.82 Å². The van der Waals surface area contributed by atoms with Crippen molar-refractivity contribution in [1.29, 1.82) is 0 Å². The Bertz CT molecular complexity index is 788. The van der Waals surface area contributed by atoms with E-state index in [1.807, 2.05) is 26.0 Å². The number of aromatic nitrogens is 2. The highest BCUT2D eigenvalue weighted by Crippen LogP contribution is 2.48. The number of aryl methyl sites for hydroxylation is 1. The van der Waals surface area contributed by atoms with E-state index in [2.05, 4.69) is 25.8 Å². The fourth-order valence-electron chi connectivity index (χ4n) is 3.11. The second-order valence-electron chi connectivity index (χ2n) is 7.42. The molecule has 0 unspecified atom stereocenters. The van der Waals surface area contributed by atoms with Crippen LogP contribution in [0.2, 0.25) is 0 Å². The second-order valence-corrected chi connectivity index (χ2v) is 7.42. The van der Waals surface area contributed by atoms with Crippen LogP contribution in [0.1, 0.15) is 56.3 Å². The lowest BCUT2D eigenvalue weighted by Crippen LogP contribution is -2.41. The van der Waals surface area contributed by atoms with Gasteiger partial charge >= 0.3 is 0 Å². The number of benzene rings is 1. The lowest BCUT2D eigenvalue weighted by atomic mass is 9.95. The zero-order chi connectivity index (χ0) is 19.3. The highest BCUT2D eigenvalue weighted by Gasteiger charge is 2.45. The minimum absolute atomic E-state index is 0. The number of halogens is 2. The standard InChI is InChI=1S/C20H28FN5O.HI/c1-14(2)18-25-17(27-26-18)9-6-12-23-19(22-3)24-13-20(10-11-20)15-7-4-5-8-16(15)21;/h4-5,7-8,14H,6,9-13H2,1-3H3,(H2,22,23,24);1H. The third kappa shape index (κ3) is 5.65. The molecule has 1 aromatic carbocycles. The number of nitrogens with zero attached hydrogens (tertiary/aromatic N) is 3. The van der Waals surface area contributed by atoms with Gasteiger partial charge in [0.2, 0.25) is 5.89 Å². The van der Waals surface area contributed by atoms with Gasteiger partial charge in [-0.15, -0.1) is 24.0 Å². The van der Waals surface area contributed by atoms with Crippen LogP contribution < -0.4 is 10.6 Å². The minimum Gasteiger partial charge on any atom is -0.356 e. The van der Waals surface area contributed by atoms with Gasteiger partial charge in [-0.05, 0) is 30.9 Å². The summed E-state index contributed by atoms with van der Waals surface area (Å²) < 4.78 is 19.3. The minimum atomic E-state index is -0.125. The van der Waals surface area contributed by atoms with Crippen molar-refractivity contribution in [3.63, 3.8) is 0 Å². The molecule has 0 spiro atoms. The third-order valence-electron chi connectivity index (χ3n) is 4.98. The predicted octanol–water partition coefficient (Wildman–Crippen LogP) is 3.78. The first-order valence-corrected chi connectivity index (χ1v) is 9.56. The van der Waals surface area contributed by atoms with Crippen LogP contribution >= 0.6 is 24.0 Å². The van der Waals surface area contributed by atoms with Crippen LogP contribution in [0.4, 0.5) is 4.39 Å². The summed E-state index contributed by atoms with van der Waals surface area (Å²) >= 11 is 0. The van der Waals surface area contributed by atoms with Crippen LogP contribution in [-0.2, 0) is 11.8 Å². The Morgan fingerprint density at radius 1 is 1.29 bits per heavy atom. The predicted molar refractivity (Wildman–Crippen MR) is 119 cm³/mol. The molecule has 1 aliphatic rings. The van der Waals surface area contributed by atoms with Gasteiger partial charge < -0.3 is 15.2 Å². The molecule has 1 aromatic heterocycles. The number of nitrogens with one attached hydrogen (secondary N) is 2. The summed E-state index contributed by atoms with van der Waals surface area (Å²) in [5.74, 6) is 2.29. The molecule has 2 aromatic rings. The molecular formula is C20H29FIN5O.